The second kappa shape index (κ2) is 9.61. The number of fused-ring (bicyclic) bond motifs is 1. The van der Waals surface area contributed by atoms with E-state index in [9.17, 15) is 23.2 Å². The Balaban J connectivity index is 1.30. The lowest BCUT2D eigenvalue weighted by Gasteiger charge is -2.36. The SMILES string of the molecule is O=C(C[N+]1=C2C=CSC2C(=O)N(Cc2ccc(F)cc2)C1=O)N1CCN(c2ccccc2F)CC1. The number of imide groups is 1. The molecule has 3 heterocycles. The first kappa shape index (κ1) is 23.2. The summed E-state index contributed by atoms with van der Waals surface area (Å²) in [6.45, 7) is 1.56. The van der Waals surface area contributed by atoms with Crippen LogP contribution in [0.3, 0.4) is 0 Å². The van der Waals surface area contributed by atoms with Gasteiger partial charge in [0.05, 0.1) is 5.69 Å². The predicted octanol–water partition coefficient (Wildman–Crippen LogP) is 2.86. The van der Waals surface area contributed by atoms with E-state index in [-0.39, 0.29) is 30.7 Å². The number of carbonyl (C=O) groups is 3. The first-order valence-electron chi connectivity index (χ1n) is 11.3. The number of nitrogens with zero attached hydrogens (tertiary/aromatic N) is 4. The minimum Gasteiger partial charge on any atom is -0.366 e. The van der Waals surface area contributed by atoms with Crippen LogP contribution in [0.4, 0.5) is 19.3 Å². The largest absolute Gasteiger partial charge is 0.501 e. The molecule has 2 aromatic rings. The van der Waals surface area contributed by atoms with E-state index in [1.807, 2.05) is 4.90 Å². The van der Waals surface area contributed by atoms with Gasteiger partial charge < -0.3 is 9.80 Å². The molecule has 4 amide bonds. The van der Waals surface area contributed by atoms with Crippen molar-refractivity contribution in [2.75, 3.05) is 37.6 Å². The summed E-state index contributed by atoms with van der Waals surface area (Å²) in [6.07, 6.45) is 1.70. The number of anilines is 1. The maximum Gasteiger partial charge on any atom is 0.501 e. The number of rotatable bonds is 5. The molecule has 1 saturated heterocycles. The van der Waals surface area contributed by atoms with E-state index in [0.29, 0.717) is 43.1 Å². The zero-order chi connectivity index (χ0) is 24.5. The molecule has 1 unspecified atom stereocenters. The average molecular weight is 498 g/mol. The molecule has 0 radical (unpaired) electrons. The molecule has 0 spiro atoms. The predicted molar refractivity (Wildman–Crippen MR) is 128 cm³/mol. The lowest BCUT2D eigenvalue weighted by Crippen LogP contribution is -2.57. The number of para-hydroxylation sites is 1. The third kappa shape index (κ3) is 4.58. The Morgan fingerprint density at radius 1 is 1.00 bits per heavy atom. The average Bonchev–Trinajstić information content (AvgIpc) is 3.36. The van der Waals surface area contributed by atoms with Crippen molar-refractivity contribution in [1.29, 1.82) is 0 Å². The third-order valence-electron chi connectivity index (χ3n) is 6.36. The molecule has 5 rings (SSSR count). The second-order valence-electron chi connectivity index (χ2n) is 8.48. The standard InChI is InChI=1S/C25H23F2N4O3S/c26-18-7-5-17(6-8-18)15-31-24(33)23-21(9-14-35-23)30(25(31)34)16-22(32)29-12-10-28(11-13-29)20-4-2-1-3-19(20)27/h1-9,14,23H,10-13,15-16H2/q+1. The van der Waals surface area contributed by atoms with E-state index in [4.69, 9.17) is 0 Å². The summed E-state index contributed by atoms with van der Waals surface area (Å²) in [6, 6.07) is 11.6. The molecule has 35 heavy (non-hydrogen) atoms. The minimum absolute atomic E-state index is 0.00566. The lowest BCUT2D eigenvalue weighted by molar-refractivity contribution is -0.428. The van der Waals surface area contributed by atoms with Crippen LogP contribution >= 0.6 is 11.8 Å². The van der Waals surface area contributed by atoms with Crippen LogP contribution in [0.1, 0.15) is 5.56 Å². The van der Waals surface area contributed by atoms with Crippen molar-refractivity contribution in [1.82, 2.24) is 9.80 Å². The molecule has 0 bridgehead atoms. The van der Waals surface area contributed by atoms with Crippen LogP contribution in [0.25, 0.3) is 0 Å². The van der Waals surface area contributed by atoms with Crippen molar-refractivity contribution in [2.24, 2.45) is 0 Å². The number of hydrogen-bond acceptors (Lipinski definition) is 5. The molecule has 1 atom stereocenters. The molecule has 180 valence electrons. The van der Waals surface area contributed by atoms with Crippen molar-refractivity contribution in [3.05, 3.63) is 77.2 Å². The monoisotopic (exact) mass is 497 g/mol. The van der Waals surface area contributed by atoms with Crippen molar-refractivity contribution in [3.63, 3.8) is 0 Å². The molecule has 1 fully saturated rings. The molecular formula is C25H23F2N4O3S+. The summed E-state index contributed by atoms with van der Waals surface area (Å²) in [5.74, 6) is -1.30. The van der Waals surface area contributed by atoms with Gasteiger partial charge in [0.2, 0.25) is 0 Å². The van der Waals surface area contributed by atoms with Gasteiger partial charge in [0, 0.05) is 26.2 Å². The van der Waals surface area contributed by atoms with Crippen LogP contribution < -0.4 is 4.90 Å². The summed E-state index contributed by atoms with van der Waals surface area (Å²) in [5, 5.41) is 1.15. The topological polar surface area (TPSA) is 63.9 Å². The highest BCUT2D eigenvalue weighted by Gasteiger charge is 2.49. The van der Waals surface area contributed by atoms with Crippen molar-refractivity contribution >= 4 is 41.0 Å². The molecule has 3 aliphatic heterocycles. The number of amides is 4. The van der Waals surface area contributed by atoms with Crippen LogP contribution in [0, 0.1) is 11.6 Å². The van der Waals surface area contributed by atoms with Gasteiger partial charge in [0.1, 0.15) is 23.9 Å². The molecule has 0 saturated carbocycles. The van der Waals surface area contributed by atoms with Crippen LogP contribution in [0.15, 0.2) is 60.0 Å². The molecule has 2 aromatic carbocycles. The second-order valence-corrected chi connectivity index (χ2v) is 9.50. The number of urea groups is 1. The van der Waals surface area contributed by atoms with E-state index < -0.39 is 17.1 Å². The minimum atomic E-state index is -0.598. The van der Waals surface area contributed by atoms with Crippen molar-refractivity contribution in [2.45, 2.75) is 11.8 Å². The Kier molecular flexibility index (Phi) is 6.38. The van der Waals surface area contributed by atoms with E-state index >= 15 is 0 Å². The van der Waals surface area contributed by atoms with Gasteiger partial charge in [-0.05, 0) is 41.3 Å². The van der Waals surface area contributed by atoms with Gasteiger partial charge in [0.25, 0.3) is 5.91 Å². The quantitative estimate of drug-likeness (QED) is 0.595. The highest BCUT2D eigenvalue weighted by Crippen LogP contribution is 2.29. The molecular weight excluding hydrogens is 474 g/mol. The van der Waals surface area contributed by atoms with Gasteiger partial charge in [0.15, 0.2) is 11.8 Å². The summed E-state index contributed by atoms with van der Waals surface area (Å²) in [4.78, 5) is 44.1. The van der Waals surface area contributed by atoms with Gasteiger partial charge >= 0.3 is 11.9 Å². The number of allylic oxidation sites excluding steroid dienone is 1. The zero-order valence-electron chi connectivity index (χ0n) is 18.8. The number of carbonyl (C=O) groups excluding carboxylic acids is 3. The normalized spacial score (nSPS) is 20.1. The zero-order valence-corrected chi connectivity index (χ0v) is 19.6. The summed E-state index contributed by atoms with van der Waals surface area (Å²) in [7, 11) is 0. The first-order chi connectivity index (χ1) is 16.9. The van der Waals surface area contributed by atoms with Crippen LogP contribution in [0.2, 0.25) is 0 Å². The molecule has 7 nitrogen and oxygen atoms in total. The smallest absolute Gasteiger partial charge is 0.366 e. The molecule has 0 aromatic heterocycles. The highest BCUT2D eigenvalue weighted by molar-refractivity contribution is 8.04. The Morgan fingerprint density at radius 3 is 2.43 bits per heavy atom. The van der Waals surface area contributed by atoms with Gasteiger partial charge in [-0.15, -0.1) is 11.8 Å². The van der Waals surface area contributed by atoms with E-state index in [1.165, 1.54) is 46.7 Å². The van der Waals surface area contributed by atoms with Crippen LogP contribution in [0.5, 0.6) is 0 Å². The van der Waals surface area contributed by atoms with E-state index in [2.05, 4.69) is 0 Å². The number of benzene rings is 2. The van der Waals surface area contributed by atoms with Crippen LogP contribution in [-0.2, 0) is 16.1 Å². The molecule has 10 heteroatoms. The maximum atomic E-state index is 14.1. The van der Waals surface area contributed by atoms with Gasteiger partial charge in [-0.25, -0.2) is 13.6 Å². The molecule has 0 N–H and O–H groups in total. The van der Waals surface area contributed by atoms with Gasteiger partial charge in [-0.2, -0.15) is 14.3 Å². The van der Waals surface area contributed by atoms with Gasteiger partial charge in [-0.1, -0.05) is 24.3 Å². The highest BCUT2D eigenvalue weighted by atomic mass is 32.2. The maximum absolute atomic E-state index is 14.1. The first-order valence-corrected chi connectivity index (χ1v) is 12.2. The number of halogens is 2. The van der Waals surface area contributed by atoms with Crippen molar-refractivity contribution in [3.8, 4) is 0 Å². The fraction of sp³-hybridized carbons (Fsp3) is 0.280. The molecule has 3 aliphatic rings. The number of thioether (sulfide) groups is 1. The Hall–Kier alpha value is -3.53. The van der Waals surface area contributed by atoms with E-state index in [1.54, 1.807) is 34.6 Å². The summed E-state index contributed by atoms with van der Waals surface area (Å²) in [5.41, 5.74) is 1.62. The van der Waals surface area contributed by atoms with Crippen LogP contribution in [-0.4, -0.2) is 75.9 Å². The summed E-state index contributed by atoms with van der Waals surface area (Å²) >= 11 is 1.29. The Labute approximate surface area is 205 Å². The Bertz CT molecular complexity index is 1240. The van der Waals surface area contributed by atoms with Gasteiger partial charge in [-0.3, -0.25) is 4.79 Å². The number of hydrogen-bond donors (Lipinski definition) is 0. The number of piperazine rings is 1. The van der Waals surface area contributed by atoms with E-state index in [0.717, 1.165) is 4.90 Å². The molecule has 0 aliphatic carbocycles. The fourth-order valence-electron chi connectivity index (χ4n) is 4.47. The van der Waals surface area contributed by atoms with Crippen molar-refractivity contribution < 1.29 is 27.7 Å². The summed E-state index contributed by atoms with van der Waals surface area (Å²) < 4.78 is 28.8. The lowest BCUT2D eigenvalue weighted by atomic mass is 10.1. The Morgan fingerprint density at radius 2 is 1.71 bits per heavy atom. The third-order valence-corrected chi connectivity index (χ3v) is 7.37. The fourth-order valence-corrected chi connectivity index (χ4v) is 5.43.